The first kappa shape index (κ1) is 21.3. The first-order chi connectivity index (χ1) is 15.1. The summed E-state index contributed by atoms with van der Waals surface area (Å²) < 4.78 is 15.8. The van der Waals surface area contributed by atoms with Crippen LogP contribution >= 0.6 is 0 Å². The van der Waals surface area contributed by atoms with Gasteiger partial charge < -0.3 is 10.2 Å². The van der Waals surface area contributed by atoms with Gasteiger partial charge in [-0.15, -0.1) is 0 Å². The van der Waals surface area contributed by atoms with Gasteiger partial charge in [-0.05, 0) is 30.9 Å². The zero-order valence-corrected chi connectivity index (χ0v) is 17.8. The van der Waals surface area contributed by atoms with E-state index in [-0.39, 0.29) is 11.5 Å². The van der Waals surface area contributed by atoms with Gasteiger partial charge >= 0.3 is 0 Å². The average Bonchev–Trinajstić information content (AvgIpc) is 3.21. The quantitative estimate of drug-likeness (QED) is 0.770. The molecule has 0 radical (unpaired) electrons. The van der Waals surface area contributed by atoms with Gasteiger partial charge in [0.25, 0.3) is 0 Å². The van der Waals surface area contributed by atoms with E-state index in [9.17, 15) is 14.4 Å². The molecule has 2 heterocycles. The monoisotopic (exact) mass is 424 g/mol. The van der Waals surface area contributed by atoms with Crippen molar-refractivity contribution < 1.29 is 9.18 Å². The number of nitrogens with zero attached hydrogens (tertiary/aromatic N) is 5. The lowest BCUT2D eigenvalue weighted by Crippen LogP contribution is -2.49. The third-order valence-corrected chi connectivity index (χ3v) is 6.32. The highest BCUT2D eigenvalue weighted by Gasteiger charge is 2.23. The molecule has 8 heteroatoms. The molecule has 1 amide bonds. The summed E-state index contributed by atoms with van der Waals surface area (Å²) in [6, 6.07) is 8.52. The van der Waals surface area contributed by atoms with Crippen LogP contribution in [0.1, 0.15) is 37.7 Å². The lowest BCUT2D eigenvalue weighted by atomic mass is 9.89. The number of carbonyl (C=O) groups is 1. The maximum atomic E-state index is 13.9. The minimum absolute atomic E-state index is 0.0534. The maximum absolute atomic E-state index is 13.9. The van der Waals surface area contributed by atoms with Crippen molar-refractivity contribution in [3.8, 4) is 6.07 Å². The van der Waals surface area contributed by atoms with Crippen molar-refractivity contribution in [2.24, 2.45) is 5.92 Å². The Morgan fingerprint density at radius 2 is 1.94 bits per heavy atom. The molecule has 2 aliphatic rings. The van der Waals surface area contributed by atoms with E-state index >= 15 is 0 Å². The Bertz CT molecular complexity index is 938. The molecule has 0 atom stereocenters. The Balaban J connectivity index is 1.28. The smallest absolute Gasteiger partial charge is 0.239 e. The number of aromatic nitrogens is 2. The van der Waals surface area contributed by atoms with Crippen molar-refractivity contribution in [1.29, 1.82) is 5.26 Å². The van der Waals surface area contributed by atoms with Crippen molar-refractivity contribution >= 4 is 17.4 Å². The molecule has 1 aromatic carbocycles. The normalized spacial score (nSPS) is 18.0. The van der Waals surface area contributed by atoms with E-state index in [2.05, 4.69) is 15.3 Å². The van der Waals surface area contributed by atoms with Gasteiger partial charge in [-0.2, -0.15) is 10.4 Å². The summed E-state index contributed by atoms with van der Waals surface area (Å²) in [6.07, 6.45) is 8.09. The Morgan fingerprint density at radius 1 is 1.16 bits per heavy atom. The number of hydrogen-bond donors (Lipinski definition) is 1. The summed E-state index contributed by atoms with van der Waals surface area (Å²) in [5.41, 5.74) is 0.707. The second-order valence-corrected chi connectivity index (χ2v) is 8.46. The summed E-state index contributed by atoms with van der Waals surface area (Å²) >= 11 is 0. The Kier molecular flexibility index (Phi) is 6.82. The number of rotatable bonds is 6. The largest absolute Gasteiger partial charge is 0.368 e. The van der Waals surface area contributed by atoms with Crippen LogP contribution in [-0.4, -0.2) is 53.3 Å². The molecule has 2 fully saturated rings. The van der Waals surface area contributed by atoms with Gasteiger partial charge in [0, 0.05) is 38.8 Å². The first-order valence-corrected chi connectivity index (χ1v) is 11.1. The summed E-state index contributed by atoms with van der Waals surface area (Å²) in [4.78, 5) is 16.7. The minimum Gasteiger partial charge on any atom is -0.368 e. The van der Waals surface area contributed by atoms with Gasteiger partial charge in [-0.3, -0.25) is 9.69 Å². The van der Waals surface area contributed by atoms with Crippen LogP contribution in [0, 0.1) is 23.1 Å². The number of anilines is 2. The topological polar surface area (TPSA) is 77.2 Å². The molecule has 0 bridgehead atoms. The van der Waals surface area contributed by atoms with Crippen molar-refractivity contribution in [2.75, 3.05) is 42.9 Å². The van der Waals surface area contributed by atoms with Crippen LogP contribution in [0.25, 0.3) is 0 Å². The number of nitrogens with one attached hydrogen (secondary N) is 1. The third-order valence-electron chi connectivity index (χ3n) is 6.32. The number of benzene rings is 1. The van der Waals surface area contributed by atoms with Crippen LogP contribution < -0.4 is 10.2 Å². The summed E-state index contributed by atoms with van der Waals surface area (Å²) in [5.74, 6) is 0.847. The highest BCUT2D eigenvalue weighted by molar-refractivity contribution is 5.91. The van der Waals surface area contributed by atoms with Gasteiger partial charge in [-0.25, -0.2) is 9.07 Å². The summed E-state index contributed by atoms with van der Waals surface area (Å²) in [6.45, 7) is 3.80. The molecule has 7 nitrogen and oxygen atoms in total. The van der Waals surface area contributed by atoms with Crippen LogP contribution in [0.15, 0.2) is 30.5 Å². The van der Waals surface area contributed by atoms with Crippen LogP contribution in [-0.2, 0) is 11.3 Å². The lowest BCUT2D eigenvalue weighted by Gasteiger charge is -2.36. The Labute approximate surface area is 182 Å². The molecule has 1 aliphatic heterocycles. The highest BCUT2D eigenvalue weighted by Crippen LogP contribution is 2.26. The number of halogens is 1. The molecule has 0 unspecified atom stereocenters. The maximum Gasteiger partial charge on any atom is 0.239 e. The number of hydrogen-bond acceptors (Lipinski definition) is 5. The van der Waals surface area contributed by atoms with Crippen molar-refractivity contribution in [2.45, 2.75) is 38.6 Å². The van der Waals surface area contributed by atoms with Crippen LogP contribution in [0.3, 0.4) is 0 Å². The van der Waals surface area contributed by atoms with Gasteiger partial charge in [-0.1, -0.05) is 25.3 Å². The third kappa shape index (κ3) is 5.23. The zero-order chi connectivity index (χ0) is 21.6. The van der Waals surface area contributed by atoms with E-state index in [1.54, 1.807) is 18.3 Å². The molecular weight excluding hydrogens is 395 g/mol. The lowest BCUT2D eigenvalue weighted by molar-refractivity contribution is -0.117. The van der Waals surface area contributed by atoms with E-state index in [0.29, 0.717) is 44.3 Å². The van der Waals surface area contributed by atoms with E-state index in [1.807, 2.05) is 21.7 Å². The average molecular weight is 425 g/mol. The molecule has 31 heavy (non-hydrogen) atoms. The van der Waals surface area contributed by atoms with Crippen molar-refractivity contribution in [3.63, 3.8) is 0 Å². The van der Waals surface area contributed by atoms with E-state index in [4.69, 9.17) is 0 Å². The molecular formula is C23H29FN6O. The van der Waals surface area contributed by atoms with Gasteiger partial charge in [0.05, 0.1) is 18.4 Å². The van der Waals surface area contributed by atoms with E-state index in [0.717, 1.165) is 12.4 Å². The number of piperazine rings is 1. The minimum atomic E-state index is -0.494. The fourth-order valence-electron chi connectivity index (χ4n) is 4.62. The van der Waals surface area contributed by atoms with E-state index < -0.39 is 5.82 Å². The fraction of sp³-hybridized carbons (Fsp3) is 0.522. The van der Waals surface area contributed by atoms with Gasteiger partial charge in [0.2, 0.25) is 5.91 Å². The summed E-state index contributed by atoms with van der Waals surface area (Å²) in [5, 5.41) is 16.7. The molecule has 164 valence electrons. The fourth-order valence-corrected chi connectivity index (χ4v) is 4.62. The van der Waals surface area contributed by atoms with Crippen LogP contribution in [0.4, 0.5) is 15.9 Å². The van der Waals surface area contributed by atoms with Crippen molar-refractivity contribution in [3.05, 3.63) is 41.8 Å². The Morgan fingerprint density at radius 3 is 2.68 bits per heavy atom. The van der Waals surface area contributed by atoms with E-state index in [1.165, 1.54) is 38.2 Å². The Hall–Kier alpha value is -2.92. The molecule has 4 rings (SSSR count). The van der Waals surface area contributed by atoms with Crippen molar-refractivity contribution in [1.82, 2.24) is 14.7 Å². The molecule has 1 aromatic heterocycles. The summed E-state index contributed by atoms with van der Waals surface area (Å²) in [7, 11) is 0. The second-order valence-electron chi connectivity index (χ2n) is 8.46. The molecule has 0 spiro atoms. The first-order valence-electron chi connectivity index (χ1n) is 11.1. The number of carbonyl (C=O) groups excluding carboxylic acids is 1. The van der Waals surface area contributed by atoms with Gasteiger partial charge in [0.1, 0.15) is 23.3 Å². The van der Waals surface area contributed by atoms with Crippen LogP contribution in [0.5, 0.6) is 0 Å². The SMILES string of the molecule is N#Cc1c(F)cccc1N1CCN(CC(=O)Nc2ccnn2CC2CCCCC2)CC1. The highest BCUT2D eigenvalue weighted by atomic mass is 19.1. The molecule has 1 saturated heterocycles. The van der Waals surface area contributed by atoms with Gasteiger partial charge in [0.15, 0.2) is 0 Å². The predicted octanol–water partition coefficient (Wildman–Crippen LogP) is 3.23. The molecule has 1 saturated carbocycles. The standard InChI is InChI=1S/C23H29FN6O/c24-20-7-4-8-21(19(20)15-25)29-13-11-28(12-14-29)17-23(31)27-22-9-10-26-30(22)16-18-5-2-1-3-6-18/h4,7-10,18H,1-3,5-6,11-14,16-17H2,(H,27,31). The second kappa shape index (κ2) is 9.92. The van der Waals surface area contributed by atoms with Crippen LogP contribution in [0.2, 0.25) is 0 Å². The molecule has 1 N–H and O–H groups in total. The molecule has 1 aliphatic carbocycles. The predicted molar refractivity (Wildman–Crippen MR) is 117 cm³/mol. The number of nitriles is 1. The molecule has 2 aromatic rings. The zero-order valence-electron chi connectivity index (χ0n) is 17.8. The number of amides is 1.